The molecule has 0 aromatic rings. The Hall–Kier alpha value is -1.22. The normalized spacial score (nSPS) is 25.7. The summed E-state index contributed by atoms with van der Waals surface area (Å²) < 4.78 is 11.7. The summed E-state index contributed by atoms with van der Waals surface area (Å²) in [6.07, 6.45) is 3.08. The first kappa shape index (κ1) is 28.0. The van der Waals surface area contributed by atoms with Crippen molar-refractivity contribution in [3.8, 4) is 0 Å². The van der Waals surface area contributed by atoms with Crippen LogP contribution in [0.4, 0.5) is 0 Å². The number of carbonyl (C=O) groups is 2. The SMILES string of the molecule is CCCCC(C(=O)OC1CC(C)(C)N(O)C(C)(C)C1)C(=O)OC1CC(C)(C)N(O)C(C)(C)C1. The van der Waals surface area contributed by atoms with E-state index in [0.29, 0.717) is 38.5 Å². The standard InChI is InChI=1S/C25H46N2O6/c1-10-11-12-19(20(28)32-17-13-22(2,3)26(30)23(4,5)14-17)21(29)33-18-15-24(6,7)27(31)25(8,9)16-18/h17-19,30-31H,10-16H2,1-9H3. The Morgan fingerprint density at radius 2 is 1.06 bits per heavy atom. The van der Waals surface area contributed by atoms with Crippen LogP contribution in [0.25, 0.3) is 0 Å². The van der Waals surface area contributed by atoms with Gasteiger partial charge in [-0.05, 0) is 61.8 Å². The summed E-state index contributed by atoms with van der Waals surface area (Å²) in [5, 5.41) is 23.7. The van der Waals surface area contributed by atoms with Crippen LogP contribution in [-0.4, -0.2) is 66.8 Å². The number of esters is 2. The number of nitrogens with zero attached hydrogens (tertiary/aromatic N) is 2. The molecule has 192 valence electrons. The van der Waals surface area contributed by atoms with Crippen molar-refractivity contribution < 1.29 is 29.5 Å². The highest BCUT2D eigenvalue weighted by molar-refractivity contribution is 5.95. The van der Waals surface area contributed by atoms with Gasteiger partial charge in [0.15, 0.2) is 5.92 Å². The van der Waals surface area contributed by atoms with E-state index in [1.54, 1.807) is 0 Å². The number of carbonyl (C=O) groups excluding carboxylic acids is 2. The molecule has 0 bridgehead atoms. The number of piperidine rings is 2. The number of hydrogen-bond donors (Lipinski definition) is 2. The Morgan fingerprint density at radius 3 is 1.33 bits per heavy atom. The number of hydrogen-bond acceptors (Lipinski definition) is 8. The molecule has 2 saturated heterocycles. The maximum absolute atomic E-state index is 13.2. The predicted molar refractivity (Wildman–Crippen MR) is 125 cm³/mol. The van der Waals surface area contributed by atoms with Gasteiger partial charge >= 0.3 is 11.9 Å². The van der Waals surface area contributed by atoms with Gasteiger partial charge in [0.05, 0.1) is 0 Å². The van der Waals surface area contributed by atoms with E-state index in [2.05, 4.69) is 0 Å². The molecule has 2 fully saturated rings. The lowest BCUT2D eigenvalue weighted by Gasteiger charge is -2.51. The molecule has 8 nitrogen and oxygen atoms in total. The smallest absolute Gasteiger partial charge is 0.320 e. The molecule has 2 aliphatic heterocycles. The Bertz CT molecular complexity index is 626. The Kier molecular flexibility index (Phi) is 8.32. The van der Waals surface area contributed by atoms with Crippen LogP contribution in [0.1, 0.15) is 107 Å². The molecule has 0 amide bonds. The van der Waals surface area contributed by atoms with E-state index >= 15 is 0 Å². The van der Waals surface area contributed by atoms with Crippen LogP contribution >= 0.6 is 0 Å². The van der Waals surface area contributed by atoms with Crippen LogP contribution < -0.4 is 0 Å². The summed E-state index contributed by atoms with van der Waals surface area (Å²) in [4.78, 5) is 26.3. The summed E-state index contributed by atoms with van der Waals surface area (Å²) in [7, 11) is 0. The second-order valence-corrected chi connectivity index (χ2v) is 12.5. The molecule has 0 radical (unpaired) electrons. The average molecular weight is 471 g/mol. The summed E-state index contributed by atoms with van der Waals surface area (Å²) >= 11 is 0. The van der Waals surface area contributed by atoms with Gasteiger partial charge in [-0.25, -0.2) is 0 Å². The van der Waals surface area contributed by atoms with Gasteiger partial charge in [0, 0.05) is 47.8 Å². The van der Waals surface area contributed by atoms with Gasteiger partial charge in [-0.15, -0.1) is 0 Å². The van der Waals surface area contributed by atoms with Crippen LogP contribution in [0, 0.1) is 5.92 Å². The highest BCUT2D eigenvalue weighted by atomic mass is 16.6. The Morgan fingerprint density at radius 1 is 0.758 bits per heavy atom. The third kappa shape index (κ3) is 6.47. The Balaban J connectivity index is 2.12. The van der Waals surface area contributed by atoms with Gasteiger partial charge in [-0.2, -0.15) is 10.1 Å². The van der Waals surface area contributed by atoms with Crippen LogP contribution in [0.5, 0.6) is 0 Å². The minimum Gasteiger partial charge on any atom is -0.462 e. The summed E-state index contributed by atoms with van der Waals surface area (Å²) in [6.45, 7) is 17.3. The predicted octanol–water partition coefficient (Wildman–Crippen LogP) is 4.70. The zero-order valence-electron chi connectivity index (χ0n) is 22.1. The van der Waals surface area contributed by atoms with E-state index < -0.39 is 52.2 Å². The minimum absolute atomic E-state index is 0.380. The lowest BCUT2D eigenvalue weighted by molar-refractivity contribution is -0.261. The van der Waals surface area contributed by atoms with Gasteiger partial charge in [0.25, 0.3) is 0 Å². The fourth-order valence-corrected chi connectivity index (χ4v) is 5.76. The van der Waals surface area contributed by atoms with Gasteiger partial charge in [-0.1, -0.05) is 19.8 Å². The van der Waals surface area contributed by atoms with Crippen LogP contribution in [0.3, 0.4) is 0 Å². The lowest BCUT2D eigenvalue weighted by atomic mass is 9.80. The molecule has 0 aromatic heterocycles. The number of rotatable bonds is 7. The first-order valence-electron chi connectivity index (χ1n) is 12.3. The average Bonchev–Trinajstić information content (AvgIpc) is 2.63. The van der Waals surface area contributed by atoms with Gasteiger partial charge in [-0.3, -0.25) is 9.59 Å². The van der Waals surface area contributed by atoms with E-state index in [1.807, 2.05) is 62.3 Å². The molecular weight excluding hydrogens is 424 g/mol. The molecule has 0 spiro atoms. The van der Waals surface area contributed by atoms with Crippen LogP contribution in [0.15, 0.2) is 0 Å². The molecule has 0 saturated carbocycles. The molecule has 0 atom stereocenters. The highest BCUT2D eigenvalue weighted by Crippen LogP contribution is 2.40. The van der Waals surface area contributed by atoms with E-state index in [-0.39, 0.29) is 0 Å². The minimum atomic E-state index is -0.971. The van der Waals surface area contributed by atoms with Crippen molar-refractivity contribution in [3.63, 3.8) is 0 Å². The molecular formula is C25H46N2O6. The van der Waals surface area contributed by atoms with Crippen LogP contribution in [-0.2, 0) is 19.1 Å². The summed E-state index contributed by atoms with van der Waals surface area (Å²) in [5.74, 6) is -2.06. The number of ether oxygens (including phenoxy) is 2. The van der Waals surface area contributed by atoms with Crippen molar-refractivity contribution in [2.24, 2.45) is 5.92 Å². The molecule has 0 aliphatic carbocycles. The van der Waals surface area contributed by atoms with E-state index in [1.165, 1.54) is 10.1 Å². The first-order valence-corrected chi connectivity index (χ1v) is 12.3. The zero-order chi connectivity index (χ0) is 25.4. The second-order valence-electron chi connectivity index (χ2n) is 12.5. The van der Waals surface area contributed by atoms with E-state index in [0.717, 1.165) is 6.42 Å². The number of hydroxylamine groups is 4. The molecule has 2 aliphatic rings. The molecule has 8 heteroatoms. The maximum Gasteiger partial charge on any atom is 0.320 e. The molecule has 33 heavy (non-hydrogen) atoms. The third-order valence-electron chi connectivity index (χ3n) is 7.18. The summed E-state index contributed by atoms with van der Waals surface area (Å²) in [5.41, 5.74) is -2.22. The fraction of sp³-hybridized carbons (Fsp3) is 0.920. The van der Waals surface area contributed by atoms with Crippen molar-refractivity contribution in [1.82, 2.24) is 10.1 Å². The van der Waals surface area contributed by atoms with Crippen molar-refractivity contribution >= 4 is 11.9 Å². The summed E-state index contributed by atoms with van der Waals surface area (Å²) in [6, 6.07) is 0. The Labute approximate surface area is 199 Å². The van der Waals surface area contributed by atoms with Crippen molar-refractivity contribution in [1.29, 1.82) is 0 Å². The van der Waals surface area contributed by atoms with Crippen molar-refractivity contribution in [2.45, 2.75) is 142 Å². The lowest BCUT2D eigenvalue weighted by Crippen LogP contribution is -2.61. The van der Waals surface area contributed by atoms with Crippen molar-refractivity contribution in [3.05, 3.63) is 0 Å². The topological polar surface area (TPSA) is 99.5 Å². The highest BCUT2D eigenvalue weighted by Gasteiger charge is 2.49. The molecule has 0 aromatic carbocycles. The van der Waals surface area contributed by atoms with Gasteiger partial charge in [0.2, 0.25) is 0 Å². The maximum atomic E-state index is 13.2. The zero-order valence-corrected chi connectivity index (χ0v) is 22.1. The third-order valence-corrected chi connectivity index (χ3v) is 7.18. The first-order chi connectivity index (χ1) is 14.9. The van der Waals surface area contributed by atoms with Gasteiger partial charge in [0.1, 0.15) is 12.2 Å². The fourth-order valence-electron chi connectivity index (χ4n) is 5.76. The van der Waals surface area contributed by atoms with E-state index in [9.17, 15) is 20.0 Å². The molecule has 2 heterocycles. The number of unbranched alkanes of at least 4 members (excludes halogenated alkanes) is 1. The largest absolute Gasteiger partial charge is 0.462 e. The second kappa shape index (κ2) is 9.80. The molecule has 0 unspecified atom stereocenters. The quantitative estimate of drug-likeness (QED) is 0.408. The van der Waals surface area contributed by atoms with E-state index in [4.69, 9.17) is 9.47 Å². The van der Waals surface area contributed by atoms with Crippen LogP contribution in [0.2, 0.25) is 0 Å². The molecule has 2 rings (SSSR count). The van der Waals surface area contributed by atoms with Gasteiger partial charge < -0.3 is 19.9 Å². The monoisotopic (exact) mass is 470 g/mol. The van der Waals surface area contributed by atoms with Crippen molar-refractivity contribution in [2.75, 3.05) is 0 Å². The molecule has 2 N–H and O–H groups in total.